The van der Waals surface area contributed by atoms with E-state index in [1.165, 1.54) is 4.70 Å². The van der Waals surface area contributed by atoms with E-state index < -0.39 is 0 Å². The number of nitrogens with zero attached hydrogens (tertiary/aromatic N) is 1. The fourth-order valence-electron chi connectivity index (χ4n) is 2.08. The van der Waals surface area contributed by atoms with Crippen molar-refractivity contribution in [3.63, 3.8) is 0 Å². The Balaban J connectivity index is 1.77. The molecule has 4 heteroatoms. The largest absolute Gasteiger partial charge is 0.474 e. The second-order valence-corrected chi connectivity index (χ2v) is 5.21. The lowest BCUT2D eigenvalue weighted by Crippen LogP contribution is -2.37. The number of aromatic nitrogens is 1. The minimum Gasteiger partial charge on any atom is -0.474 e. The summed E-state index contributed by atoms with van der Waals surface area (Å²) < 4.78 is 7.13. The van der Waals surface area contributed by atoms with Crippen LogP contribution in [0.4, 0.5) is 0 Å². The third-order valence-electron chi connectivity index (χ3n) is 3.15. The number of fused-ring (bicyclic) bond motifs is 1. The van der Waals surface area contributed by atoms with E-state index in [9.17, 15) is 0 Å². The van der Waals surface area contributed by atoms with Crippen molar-refractivity contribution < 1.29 is 4.74 Å². The minimum absolute atomic E-state index is 0.312. The van der Waals surface area contributed by atoms with Crippen LogP contribution in [0.3, 0.4) is 0 Å². The number of nitrogens with two attached hydrogens (primary N) is 1. The van der Waals surface area contributed by atoms with Gasteiger partial charge >= 0.3 is 0 Å². The van der Waals surface area contributed by atoms with Crippen molar-refractivity contribution in [2.45, 2.75) is 18.9 Å². The van der Waals surface area contributed by atoms with Crippen molar-refractivity contribution in [1.29, 1.82) is 0 Å². The van der Waals surface area contributed by atoms with Crippen LogP contribution in [0.2, 0.25) is 0 Å². The Morgan fingerprint density at radius 1 is 1.44 bits per heavy atom. The Morgan fingerprint density at radius 3 is 3.12 bits per heavy atom. The van der Waals surface area contributed by atoms with E-state index in [0.29, 0.717) is 12.0 Å². The molecule has 84 valence electrons. The molecule has 2 aromatic rings. The van der Waals surface area contributed by atoms with Crippen molar-refractivity contribution in [3.05, 3.63) is 23.7 Å². The zero-order valence-electron chi connectivity index (χ0n) is 8.93. The summed E-state index contributed by atoms with van der Waals surface area (Å²) >= 11 is 1.72. The molecular formula is C12H14N2OS. The van der Waals surface area contributed by atoms with Crippen LogP contribution in [0.25, 0.3) is 10.1 Å². The minimum atomic E-state index is 0.312. The molecule has 1 aliphatic carbocycles. The maximum Gasteiger partial charge on any atom is 0.222 e. The van der Waals surface area contributed by atoms with Crippen molar-refractivity contribution in [2.24, 2.45) is 11.7 Å². The predicted octanol–water partition coefficient (Wildman–Crippen LogP) is 2.41. The normalized spacial score (nSPS) is 24.3. The summed E-state index contributed by atoms with van der Waals surface area (Å²) in [6, 6.07) is 4.09. The van der Waals surface area contributed by atoms with Gasteiger partial charge in [-0.2, -0.15) is 0 Å². The van der Waals surface area contributed by atoms with E-state index in [1.807, 2.05) is 12.3 Å². The first-order valence-electron chi connectivity index (χ1n) is 5.55. The number of hydrogen-bond donors (Lipinski definition) is 1. The van der Waals surface area contributed by atoms with Crippen LogP contribution in [0.1, 0.15) is 12.8 Å². The molecule has 1 aliphatic rings. The van der Waals surface area contributed by atoms with Crippen molar-refractivity contribution in [2.75, 3.05) is 6.54 Å². The van der Waals surface area contributed by atoms with E-state index in [4.69, 9.17) is 10.5 Å². The first-order valence-corrected chi connectivity index (χ1v) is 6.43. The van der Waals surface area contributed by atoms with Gasteiger partial charge in [-0.15, -0.1) is 11.3 Å². The molecular weight excluding hydrogens is 220 g/mol. The lowest BCUT2D eigenvalue weighted by atomic mass is 9.82. The van der Waals surface area contributed by atoms with Crippen LogP contribution in [0.15, 0.2) is 23.7 Å². The third-order valence-corrected chi connectivity index (χ3v) is 4.03. The molecule has 0 bridgehead atoms. The smallest absolute Gasteiger partial charge is 0.222 e. The Bertz CT molecular complexity index is 490. The molecule has 16 heavy (non-hydrogen) atoms. The molecule has 3 nitrogen and oxygen atoms in total. The monoisotopic (exact) mass is 234 g/mol. The third kappa shape index (κ3) is 1.68. The molecule has 0 aromatic carbocycles. The van der Waals surface area contributed by atoms with Crippen molar-refractivity contribution in [3.8, 4) is 5.88 Å². The van der Waals surface area contributed by atoms with Crippen LogP contribution < -0.4 is 10.5 Å². The van der Waals surface area contributed by atoms with Gasteiger partial charge in [0.25, 0.3) is 0 Å². The summed E-state index contributed by atoms with van der Waals surface area (Å²) in [5, 5.41) is 3.20. The van der Waals surface area contributed by atoms with Crippen LogP contribution in [-0.2, 0) is 0 Å². The van der Waals surface area contributed by atoms with Gasteiger partial charge in [0.1, 0.15) is 6.10 Å². The summed E-state index contributed by atoms with van der Waals surface area (Å²) in [5.41, 5.74) is 5.59. The highest BCUT2D eigenvalue weighted by atomic mass is 32.1. The highest BCUT2D eigenvalue weighted by Crippen LogP contribution is 2.33. The second-order valence-electron chi connectivity index (χ2n) is 4.26. The molecule has 0 radical (unpaired) electrons. The number of hydrogen-bond acceptors (Lipinski definition) is 4. The summed E-state index contributed by atoms with van der Waals surface area (Å²) in [6.07, 6.45) is 4.26. The maximum atomic E-state index is 5.89. The molecule has 1 fully saturated rings. The van der Waals surface area contributed by atoms with Gasteiger partial charge in [-0.05, 0) is 42.8 Å². The Morgan fingerprint density at radius 2 is 2.31 bits per heavy atom. The molecule has 2 heterocycles. The zero-order chi connectivity index (χ0) is 11.0. The van der Waals surface area contributed by atoms with E-state index in [1.54, 1.807) is 11.3 Å². The van der Waals surface area contributed by atoms with Gasteiger partial charge in [0.05, 0.1) is 5.39 Å². The van der Waals surface area contributed by atoms with E-state index >= 15 is 0 Å². The molecule has 1 saturated carbocycles. The number of thiophene rings is 1. The quantitative estimate of drug-likeness (QED) is 0.887. The summed E-state index contributed by atoms with van der Waals surface area (Å²) in [7, 11) is 0. The summed E-state index contributed by atoms with van der Waals surface area (Å²) in [5.74, 6) is 1.42. The van der Waals surface area contributed by atoms with E-state index in [-0.39, 0.29) is 0 Å². The Labute approximate surface area is 98.2 Å². The molecule has 0 spiro atoms. The molecule has 3 rings (SSSR count). The first-order chi connectivity index (χ1) is 7.86. The lowest BCUT2D eigenvalue weighted by molar-refractivity contribution is 0.0664. The topological polar surface area (TPSA) is 48.1 Å². The van der Waals surface area contributed by atoms with Gasteiger partial charge < -0.3 is 10.5 Å². The van der Waals surface area contributed by atoms with Gasteiger partial charge in [0, 0.05) is 10.9 Å². The highest BCUT2D eigenvalue weighted by molar-refractivity contribution is 7.17. The molecule has 0 unspecified atom stereocenters. The molecule has 0 amide bonds. The number of pyridine rings is 1. The second kappa shape index (κ2) is 4.03. The highest BCUT2D eigenvalue weighted by Gasteiger charge is 2.30. The Kier molecular flexibility index (Phi) is 2.53. The van der Waals surface area contributed by atoms with Crippen LogP contribution in [0.5, 0.6) is 5.88 Å². The van der Waals surface area contributed by atoms with Gasteiger partial charge in [-0.3, -0.25) is 0 Å². The average Bonchev–Trinajstić information content (AvgIpc) is 2.71. The van der Waals surface area contributed by atoms with Crippen LogP contribution in [-0.4, -0.2) is 17.6 Å². The van der Waals surface area contributed by atoms with Crippen LogP contribution >= 0.6 is 11.3 Å². The standard InChI is InChI=1S/C12H14N2OS/c13-7-8-5-9(6-8)15-12-10-2-4-16-11(10)1-3-14-12/h1-4,8-9H,5-7,13H2. The Hall–Kier alpha value is -1.13. The fourth-order valence-corrected chi connectivity index (χ4v) is 2.86. The average molecular weight is 234 g/mol. The van der Waals surface area contributed by atoms with Crippen molar-refractivity contribution >= 4 is 21.4 Å². The maximum absolute atomic E-state index is 5.89. The number of rotatable bonds is 3. The van der Waals surface area contributed by atoms with Gasteiger partial charge in [0.15, 0.2) is 0 Å². The number of ether oxygens (including phenoxy) is 1. The molecule has 0 aliphatic heterocycles. The predicted molar refractivity (Wildman–Crippen MR) is 65.8 cm³/mol. The SMILES string of the molecule is NCC1CC(Oc2nccc3sccc23)C1. The van der Waals surface area contributed by atoms with Gasteiger partial charge in [-0.1, -0.05) is 0 Å². The van der Waals surface area contributed by atoms with Gasteiger partial charge in [-0.25, -0.2) is 4.98 Å². The van der Waals surface area contributed by atoms with Crippen LogP contribution in [0, 0.1) is 5.92 Å². The zero-order valence-corrected chi connectivity index (χ0v) is 9.74. The summed E-state index contributed by atoms with van der Waals surface area (Å²) in [4.78, 5) is 4.30. The van der Waals surface area contributed by atoms with E-state index in [0.717, 1.165) is 30.7 Å². The lowest BCUT2D eigenvalue weighted by Gasteiger charge is -2.34. The van der Waals surface area contributed by atoms with E-state index in [2.05, 4.69) is 16.4 Å². The summed E-state index contributed by atoms with van der Waals surface area (Å²) in [6.45, 7) is 0.774. The van der Waals surface area contributed by atoms with Crippen molar-refractivity contribution in [1.82, 2.24) is 4.98 Å². The molecule has 0 saturated heterocycles. The first kappa shape index (κ1) is 10.1. The molecule has 2 aromatic heterocycles. The molecule has 2 N–H and O–H groups in total. The fraction of sp³-hybridized carbons (Fsp3) is 0.417. The van der Waals surface area contributed by atoms with Gasteiger partial charge in [0.2, 0.25) is 5.88 Å². The molecule has 0 atom stereocenters.